The number of carbonyl (C=O) groups is 1. The molecule has 1 saturated heterocycles. The molecular formula is C19H36NO2. The van der Waals surface area contributed by atoms with E-state index in [9.17, 15) is 4.79 Å². The molecule has 0 aromatic rings. The second kappa shape index (κ2) is 14.0. The third-order valence-corrected chi connectivity index (χ3v) is 4.40. The van der Waals surface area contributed by atoms with Gasteiger partial charge >= 0.3 is 5.97 Å². The first-order valence-corrected chi connectivity index (χ1v) is 9.57. The number of ether oxygens (including phenoxy) is 1. The largest absolute Gasteiger partial charge is 0.461 e. The Balaban J connectivity index is 1.75. The van der Waals surface area contributed by atoms with Gasteiger partial charge in [0.2, 0.25) is 0 Å². The highest BCUT2D eigenvalue weighted by Crippen LogP contribution is 2.13. The van der Waals surface area contributed by atoms with Crippen LogP contribution in [0.3, 0.4) is 0 Å². The fourth-order valence-corrected chi connectivity index (χ4v) is 2.96. The van der Waals surface area contributed by atoms with Crippen molar-refractivity contribution in [2.75, 3.05) is 6.54 Å². The average Bonchev–Trinajstić information content (AvgIpc) is 3.01. The predicted octanol–water partition coefficient (Wildman–Crippen LogP) is 5.14. The number of hydrogen-bond acceptors (Lipinski definition) is 3. The minimum absolute atomic E-state index is 0.0193. The van der Waals surface area contributed by atoms with Gasteiger partial charge in [-0.25, -0.2) is 0 Å². The summed E-state index contributed by atoms with van der Waals surface area (Å²) < 4.78 is 5.38. The van der Waals surface area contributed by atoms with E-state index in [1.165, 1.54) is 70.6 Å². The summed E-state index contributed by atoms with van der Waals surface area (Å²) in [4.78, 5) is 11.6. The number of nitrogens with one attached hydrogen (secondary N) is 1. The first kappa shape index (κ1) is 19.5. The number of rotatable bonds is 14. The molecule has 0 spiro atoms. The van der Waals surface area contributed by atoms with Gasteiger partial charge in [-0.3, -0.25) is 4.79 Å². The van der Waals surface area contributed by atoms with Crippen molar-refractivity contribution in [1.82, 2.24) is 5.32 Å². The molecule has 3 heteroatoms. The molecule has 0 bridgehead atoms. The van der Waals surface area contributed by atoms with Crippen molar-refractivity contribution in [1.29, 1.82) is 0 Å². The van der Waals surface area contributed by atoms with Crippen LogP contribution in [0.5, 0.6) is 0 Å². The Kier molecular flexibility index (Phi) is 12.4. The molecule has 3 nitrogen and oxygen atoms in total. The quantitative estimate of drug-likeness (QED) is 0.356. The maximum absolute atomic E-state index is 11.6. The zero-order valence-electron chi connectivity index (χ0n) is 14.6. The van der Waals surface area contributed by atoms with Crippen molar-refractivity contribution >= 4 is 5.97 Å². The van der Waals surface area contributed by atoms with Crippen LogP contribution in [0.2, 0.25) is 0 Å². The Hall–Kier alpha value is -0.570. The zero-order chi connectivity index (χ0) is 15.9. The summed E-state index contributed by atoms with van der Waals surface area (Å²) in [5.74, 6) is -0.0193. The standard InChI is InChI=1S/C19H36NO2/c1-2-3-4-5-6-7-8-9-10-11-12-13-14-19(21)22-18-15-16-20-17-18/h16,18,20H,2-15,17H2,1H3. The van der Waals surface area contributed by atoms with E-state index >= 15 is 0 Å². The molecule has 1 fully saturated rings. The van der Waals surface area contributed by atoms with Gasteiger partial charge in [0, 0.05) is 25.9 Å². The van der Waals surface area contributed by atoms with Crippen LogP contribution >= 0.6 is 0 Å². The predicted molar refractivity (Wildman–Crippen MR) is 92.5 cm³/mol. The Bertz CT molecular complexity index is 262. The van der Waals surface area contributed by atoms with Crippen molar-refractivity contribution in [3.63, 3.8) is 0 Å². The molecular weight excluding hydrogens is 274 g/mol. The van der Waals surface area contributed by atoms with Crippen LogP contribution < -0.4 is 5.32 Å². The molecule has 0 amide bonds. The van der Waals surface area contributed by atoms with E-state index in [-0.39, 0.29) is 12.1 Å². The van der Waals surface area contributed by atoms with E-state index in [0.717, 1.165) is 19.4 Å². The normalized spacial score (nSPS) is 17.8. The van der Waals surface area contributed by atoms with Crippen molar-refractivity contribution in [2.24, 2.45) is 0 Å². The summed E-state index contributed by atoms with van der Waals surface area (Å²) in [6.45, 7) is 5.02. The molecule has 0 aromatic carbocycles. The van der Waals surface area contributed by atoms with Gasteiger partial charge in [-0.1, -0.05) is 77.6 Å². The molecule has 1 aliphatic rings. The summed E-state index contributed by atoms with van der Waals surface area (Å²) in [6, 6.07) is 0. The summed E-state index contributed by atoms with van der Waals surface area (Å²) in [5, 5.41) is 3.09. The highest BCUT2D eigenvalue weighted by atomic mass is 16.5. The van der Waals surface area contributed by atoms with E-state index < -0.39 is 0 Å². The number of unbranched alkanes of at least 4 members (excludes halogenated alkanes) is 11. The molecule has 129 valence electrons. The van der Waals surface area contributed by atoms with Crippen molar-refractivity contribution in [2.45, 2.75) is 103 Å². The van der Waals surface area contributed by atoms with Gasteiger partial charge in [0.05, 0.1) is 0 Å². The van der Waals surface area contributed by atoms with Crippen LogP contribution in [-0.2, 0) is 9.53 Å². The minimum atomic E-state index is -0.0193. The third kappa shape index (κ3) is 11.1. The first-order valence-electron chi connectivity index (χ1n) is 9.57. The van der Waals surface area contributed by atoms with Gasteiger partial charge in [0.15, 0.2) is 0 Å². The lowest BCUT2D eigenvalue weighted by Gasteiger charge is -2.10. The molecule has 1 heterocycles. The minimum Gasteiger partial charge on any atom is -0.461 e. The second-order valence-corrected chi connectivity index (χ2v) is 6.60. The molecule has 1 N–H and O–H groups in total. The van der Waals surface area contributed by atoms with Crippen molar-refractivity contribution in [3.05, 3.63) is 6.54 Å². The Morgan fingerprint density at radius 3 is 2.00 bits per heavy atom. The second-order valence-electron chi connectivity index (χ2n) is 6.60. The van der Waals surface area contributed by atoms with Crippen LogP contribution in [0, 0.1) is 6.54 Å². The molecule has 0 saturated carbocycles. The van der Waals surface area contributed by atoms with E-state index in [4.69, 9.17) is 4.74 Å². The number of carbonyl (C=O) groups excluding carboxylic acids is 1. The third-order valence-electron chi connectivity index (χ3n) is 4.40. The Labute approximate surface area is 137 Å². The smallest absolute Gasteiger partial charge is 0.306 e. The van der Waals surface area contributed by atoms with Crippen molar-refractivity contribution < 1.29 is 9.53 Å². The van der Waals surface area contributed by atoms with E-state index in [1.54, 1.807) is 0 Å². The van der Waals surface area contributed by atoms with Crippen LogP contribution in [0.25, 0.3) is 0 Å². The molecule has 22 heavy (non-hydrogen) atoms. The first-order chi connectivity index (χ1) is 10.8. The molecule has 0 aromatic heterocycles. The van der Waals surface area contributed by atoms with Gasteiger partial charge in [-0.15, -0.1) is 0 Å². The number of esters is 1. The van der Waals surface area contributed by atoms with Crippen LogP contribution in [0.15, 0.2) is 0 Å². The fourth-order valence-electron chi connectivity index (χ4n) is 2.96. The Morgan fingerprint density at radius 1 is 0.955 bits per heavy atom. The SMILES string of the molecule is CCCCCCCCCCCCCCC(=O)OC1C[CH]NC1. The zero-order valence-corrected chi connectivity index (χ0v) is 14.6. The molecule has 1 rings (SSSR count). The summed E-state index contributed by atoms with van der Waals surface area (Å²) in [6.07, 6.45) is 17.4. The summed E-state index contributed by atoms with van der Waals surface area (Å²) >= 11 is 0. The van der Waals surface area contributed by atoms with Crippen LogP contribution in [-0.4, -0.2) is 18.6 Å². The average molecular weight is 311 g/mol. The van der Waals surface area contributed by atoms with E-state index in [2.05, 4.69) is 12.2 Å². The maximum atomic E-state index is 11.6. The molecule has 1 unspecified atom stereocenters. The molecule has 1 atom stereocenters. The topological polar surface area (TPSA) is 38.3 Å². The highest BCUT2D eigenvalue weighted by molar-refractivity contribution is 5.69. The summed E-state index contributed by atoms with van der Waals surface area (Å²) in [5.41, 5.74) is 0. The molecule has 1 radical (unpaired) electrons. The lowest BCUT2D eigenvalue weighted by Crippen LogP contribution is -2.20. The van der Waals surface area contributed by atoms with Crippen molar-refractivity contribution in [3.8, 4) is 0 Å². The molecule has 1 aliphatic heterocycles. The van der Waals surface area contributed by atoms with Crippen LogP contribution in [0.1, 0.15) is 96.8 Å². The highest BCUT2D eigenvalue weighted by Gasteiger charge is 2.18. The lowest BCUT2D eigenvalue weighted by molar-refractivity contribution is -0.148. The number of hydrogen-bond donors (Lipinski definition) is 1. The fraction of sp³-hybridized carbons (Fsp3) is 0.895. The van der Waals surface area contributed by atoms with Gasteiger partial charge in [0.1, 0.15) is 6.10 Å². The Morgan fingerprint density at radius 2 is 1.50 bits per heavy atom. The maximum Gasteiger partial charge on any atom is 0.306 e. The molecule has 0 aliphatic carbocycles. The van der Waals surface area contributed by atoms with Crippen LogP contribution in [0.4, 0.5) is 0 Å². The van der Waals surface area contributed by atoms with Gasteiger partial charge in [-0.2, -0.15) is 0 Å². The van der Waals surface area contributed by atoms with Gasteiger partial charge < -0.3 is 10.1 Å². The van der Waals surface area contributed by atoms with Gasteiger partial charge in [0.25, 0.3) is 0 Å². The lowest BCUT2D eigenvalue weighted by atomic mass is 10.0. The van der Waals surface area contributed by atoms with Gasteiger partial charge in [-0.05, 0) is 6.42 Å². The monoisotopic (exact) mass is 310 g/mol. The van der Waals surface area contributed by atoms with E-state index in [0.29, 0.717) is 6.42 Å². The van der Waals surface area contributed by atoms with E-state index in [1.807, 2.05) is 6.54 Å². The summed E-state index contributed by atoms with van der Waals surface area (Å²) in [7, 11) is 0.